The van der Waals surface area contributed by atoms with Gasteiger partial charge >= 0.3 is 24.7 Å². The first-order valence-electron chi connectivity index (χ1n) is 19.0. The van der Waals surface area contributed by atoms with Crippen LogP contribution >= 0.6 is 15.8 Å². The van der Waals surface area contributed by atoms with Crippen molar-refractivity contribution in [3.8, 4) is 12.3 Å². The molecular formula is C42H42F12P2. The van der Waals surface area contributed by atoms with Gasteiger partial charge in [0, 0.05) is 0 Å². The topological polar surface area (TPSA) is 0 Å². The highest BCUT2D eigenvalue weighted by Gasteiger charge is 2.45. The predicted octanol–water partition coefficient (Wildman–Crippen LogP) is 13.6. The SMILES string of the molecule is C#CC(C1CCCC1c1ccccc1P(C1CCCCC1)C1CCCCC1)P(c1cc(C(F)(F)F)cc(C(F)(F)F)c1)c1cc(C(F)(F)F)cc(C(F)(F)F)c1. The van der Waals surface area contributed by atoms with Crippen LogP contribution in [0.3, 0.4) is 0 Å². The van der Waals surface area contributed by atoms with Crippen LogP contribution in [0.15, 0.2) is 60.7 Å². The van der Waals surface area contributed by atoms with Gasteiger partial charge in [0.25, 0.3) is 0 Å². The Balaban J connectivity index is 1.55. The van der Waals surface area contributed by atoms with Gasteiger partial charge in [-0.05, 0) is 127 Å². The average molecular weight is 837 g/mol. The number of halogens is 12. The average Bonchev–Trinajstić information content (AvgIpc) is 3.63. The fourth-order valence-corrected chi connectivity index (χ4v) is 16.2. The van der Waals surface area contributed by atoms with Crippen molar-refractivity contribution in [1.29, 1.82) is 0 Å². The van der Waals surface area contributed by atoms with E-state index in [1.165, 1.54) is 5.30 Å². The molecule has 3 fully saturated rings. The molecule has 3 aromatic rings. The summed E-state index contributed by atoms with van der Waals surface area (Å²) < 4.78 is 171. The summed E-state index contributed by atoms with van der Waals surface area (Å²) in [5, 5.41) is -0.193. The van der Waals surface area contributed by atoms with Gasteiger partial charge in [0.05, 0.1) is 27.9 Å². The van der Waals surface area contributed by atoms with Crippen LogP contribution in [0.25, 0.3) is 0 Å². The molecule has 0 aromatic heterocycles. The minimum Gasteiger partial charge on any atom is -0.166 e. The lowest BCUT2D eigenvalue weighted by Crippen LogP contribution is -2.33. The quantitative estimate of drug-likeness (QED) is 0.120. The van der Waals surface area contributed by atoms with E-state index in [-0.39, 0.29) is 18.1 Å². The maximum Gasteiger partial charge on any atom is 0.416 e. The van der Waals surface area contributed by atoms with E-state index in [0.29, 0.717) is 54.8 Å². The number of rotatable bonds is 8. The second kappa shape index (κ2) is 16.8. The zero-order valence-electron chi connectivity index (χ0n) is 30.4. The number of hydrogen-bond donors (Lipinski definition) is 0. The molecule has 0 heterocycles. The lowest BCUT2D eigenvalue weighted by atomic mass is 9.86. The van der Waals surface area contributed by atoms with Crippen molar-refractivity contribution < 1.29 is 52.7 Å². The molecule has 3 aliphatic rings. The zero-order chi connectivity index (χ0) is 40.6. The number of alkyl halides is 12. The summed E-state index contributed by atoms with van der Waals surface area (Å²) in [7, 11) is -3.57. The Morgan fingerprint density at radius 2 is 0.929 bits per heavy atom. The molecule has 3 unspecified atom stereocenters. The van der Waals surface area contributed by atoms with E-state index < -0.39 is 85.0 Å². The van der Waals surface area contributed by atoms with Crippen LogP contribution in [0, 0.1) is 18.3 Å². The maximum atomic E-state index is 14.2. The Kier molecular flexibility index (Phi) is 12.9. The Hall–Kier alpha value is -2.76. The van der Waals surface area contributed by atoms with E-state index in [0.717, 1.165) is 69.8 Å². The first kappa shape index (κ1) is 42.8. The smallest absolute Gasteiger partial charge is 0.166 e. The Morgan fingerprint density at radius 3 is 1.32 bits per heavy atom. The molecule has 3 aromatic carbocycles. The molecule has 304 valence electrons. The fourth-order valence-electron chi connectivity index (χ4n) is 9.21. The standard InChI is InChI=1S/C42H42F12P2/c1-2-37(35-18-11-17-34(35)36-16-9-10-19-38(36)55(30-12-5-3-6-13-30)31-14-7-4-8-15-31)56(32-22-26(39(43,44)45)20-27(23-32)40(46,47)48)33-24-28(41(49,50)51)21-29(25-33)42(52,53)54/h1,9-10,16,19-25,30-31,34-35,37H,3-8,11-15,17-18H2. The molecule has 0 N–H and O–H groups in total. The van der Waals surface area contributed by atoms with Crippen molar-refractivity contribution in [3.05, 3.63) is 88.5 Å². The van der Waals surface area contributed by atoms with E-state index in [1.54, 1.807) is 0 Å². The van der Waals surface area contributed by atoms with Crippen LogP contribution in [0.4, 0.5) is 52.7 Å². The molecule has 56 heavy (non-hydrogen) atoms. The molecule has 0 radical (unpaired) electrons. The lowest BCUT2D eigenvalue weighted by Gasteiger charge is -2.41. The molecule has 3 atom stereocenters. The van der Waals surface area contributed by atoms with Crippen LogP contribution in [0.2, 0.25) is 0 Å². The minimum absolute atomic E-state index is 0.109. The van der Waals surface area contributed by atoms with E-state index in [2.05, 4.69) is 12.0 Å². The van der Waals surface area contributed by atoms with Crippen molar-refractivity contribution in [2.45, 2.75) is 131 Å². The molecule has 3 saturated carbocycles. The third kappa shape index (κ3) is 9.57. The summed E-state index contributed by atoms with van der Waals surface area (Å²) in [4.78, 5) is 0. The van der Waals surface area contributed by atoms with Crippen molar-refractivity contribution in [2.24, 2.45) is 5.92 Å². The summed E-state index contributed by atoms with van der Waals surface area (Å²) in [5.74, 6) is 1.53. The van der Waals surface area contributed by atoms with Gasteiger partial charge in [-0.1, -0.05) is 83.1 Å². The summed E-state index contributed by atoms with van der Waals surface area (Å²) in [6, 6.07) is 9.37. The normalized spacial score (nSPS) is 21.4. The molecule has 0 amide bonds. The van der Waals surface area contributed by atoms with Gasteiger partial charge in [0.15, 0.2) is 0 Å². The molecule has 6 rings (SSSR count). The van der Waals surface area contributed by atoms with Crippen molar-refractivity contribution in [2.75, 3.05) is 0 Å². The lowest BCUT2D eigenvalue weighted by molar-refractivity contribution is -0.144. The van der Waals surface area contributed by atoms with E-state index in [9.17, 15) is 52.7 Å². The summed E-state index contributed by atoms with van der Waals surface area (Å²) >= 11 is 0. The Bertz CT molecular complexity index is 1700. The first-order valence-corrected chi connectivity index (χ1v) is 21.9. The van der Waals surface area contributed by atoms with E-state index in [1.807, 2.05) is 18.2 Å². The van der Waals surface area contributed by atoms with Gasteiger partial charge < -0.3 is 0 Å². The number of benzene rings is 3. The van der Waals surface area contributed by atoms with Gasteiger partial charge in [-0.25, -0.2) is 0 Å². The van der Waals surface area contributed by atoms with Gasteiger partial charge in [0.2, 0.25) is 0 Å². The van der Waals surface area contributed by atoms with E-state index >= 15 is 0 Å². The molecule has 3 aliphatic carbocycles. The second-order valence-corrected chi connectivity index (χ2v) is 20.3. The van der Waals surface area contributed by atoms with Crippen molar-refractivity contribution >= 4 is 31.8 Å². The Labute approximate surface area is 321 Å². The zero-order valence-corrected chi connectivity index (χ0v) is 32.1. The molecule has 0 nitrogen and oxygen atoms in total. The van der Waals surface area contributed by atoms with Crippen LogP contribution in [0.5, 0.6) is 0 Å². The van der Waals surface area contributed by atoms with Crippen molar-refractivity contribution in [1.82, 2.24) is 0 Å². The van der Waals surface area contributed by atoms with Crippen LogP contribution in [-0.4, -0.2) is 17.0 Å². The number of hydrogen-bond acceptors (Lipinski definition) is 0. The minimum atomic E-state index is -5.32. The third-order valence-electron chi connectivity index (χ3n) is 11.7. The highest BCUT2D eigenvalue weighted by Crippen LogP contribution is 2.59. The van der Waals surface area contributed by atoms with Crippen molar-refractivity contribution in [3.63, 3.8) is 0 Å². The Morgan fingerprint density at radius 1 is 0.518 bits per heavy atom. The summed E-state index contributed by atoms with van der Waals surface area (Å²) in [5.41, 5.74) is -6.30. The largest absolute Gasteiger partial charge is 0.416 e. The molecule has 0 aliphatic heterocycles. The highest BCUT2D eigenvalue weighted by atomic mass is 31.1. The second-order valence-electron chi connectivity index (χ2n) is 15.3. The van der Waals surface area contributed by atoms with Crippen LogP contribution < -0.4 is 15.9 Å². The predicted molar refractivity (Wildman–Crippen MR) is 199 cm³/mol. The first-order chi connectivity index (χ1) is 26.3. The highest BCUT2D eigenvalue weighted by molar-refractivity contribution is 7.74. The monoisotopic (exact) mass is 836 g/mol. The van der Waals surface area contributed by atoms with Gasteiger partial charge in [0.1, 0.15) is 0 Å². The fraction of sp³-hybridized carbons (Fsp3) is 0.524. The molecule has 0 saturated heterocycles. The molecular weight excluding hydrogens is 794 g/mol. The maximum absolute atomic E-state index is 14.2. The molecule has 14 heteroatoms. The molecule has 0 bridgehead atoms. The van der Waals surface area contributed by atoms with Gasteiger partial charge in [-0.2, -0.15) is 52.7 Å². The number of terminal acetylenes is 1. The van der Waals surface area contributed by atoms with E-state index in [4.69, 9.17) is 6.42 Å². The van der Waals surface area contributed by atoms with Gasteiger partial charge in [-0.15, -0.1) is 6.42 Å². The summed E-state index contributed by atoms with van der Waals surface area (Å²) in [6.45, 7) is 0. The summed E-state index contributed by atoms with van der Waals surface area (Å²) in [6.07, 6.45) is -2.58. The third-order valence-corrected chi connectivity index (χ3v) is 18.0. The van der Waals surface area contributed by atoms with Crippen LogP contribution in [-0.2, 0) is 24.7 Å². The van der Waals surface area contributed by atoms with Gasteiger partial charge in [-0.3, -0.25) is 0 Å². The van der Waals surface area contributed by atoms with Crippen LogP contribution in [0.1, 0.15) is 117 Å². The molecule has 0 spiro atoms.